The molecule has 0 spiro atoms. The van der Waals surface area contributed by atoms with E-state index in [1.54, 1.807) is 6.07 Å². The van der Waals surface area contributed by atoms with Crippen LogP contribution < -0.4 is 16.0 Å². The zero-order valence-electron chi connectivity index (χ0n) is 15.9. The molecule has 152 valence electrons. The van der Waals surface area contributed by atoms with Gasteiger partial charge in [-0.05, 0) is 36.9 Å². The molecule has 0 radical (unpaired) electrons. The lowest BCUT2D eigenvalue weighted by Crippen LogP contribution is -2.34. The Morgan fingerprint density at radius 1 is 1.14 bits per heavy atom. The van der Waals surface area contributed by atoms with Gasteiger partial charge in [0, 0.05) is 23.8 Å². The smallest absolute Gasteiger partial charge is 0.272 e. The molecule has 29 heavy (non-hydrogen) atoms. The number of amides is 2. The number of aromatic nitrogens is 2. The number of nitrogens with one attached hydrogen (secondary N) is 3. The molecule has 0 aliphatic carbocycles. The van der Waals surface area contributed by atoms with E-state index < -0.39 is 0 Å². The van der Waals surface area contributed by atoms with E-state index in [0.29, 0.717) is 5.69 Å². The van der Waals surface area contributed by atoms with E-state index in [0.717, 1.165) is 42.4 Å². The fourth-order valence-corrected chi connectivity index (χ4v) is 3.50. The molecule has 1 aliphatic rings. The standard InChI is InChI=1S/C21H23N5O2.ClH/c27-20(24-18-9-3-6-15-5-1-2-8-17(15)18)14-23-21(28)19-10-12-26(25-19)16-7-4-11-22-13-16;/h1-3,5-6,8-10,12,16,22H,4,7,11,13-14H2,(H,23,28)(H,24,27);1H. The van der Waals surface area contributed by atoms with Gasteiger partial charge in [-0.25, -0.2) is 0 Å². The summed E-state index contributed by atoms with van der Waals surface area (Å²) < 4.78 is 1.83. The Balaban J connectivity index is 0.00000240. The Labute approximate surface area is 175 Å². The summed E-state index contributed by atoms with van der Waals surface area (Å²) >= 11 is 0. The van der Waals surface area contributed by atoms with Gasteiger partial charge in [-0.2, -0.15) is 5.10 Å². The van der Waals surface area contributed by atoms with E-state index in [9.17, 15) is 9.59 Å². The van der Waals surface area contributed by atoms with Gasteiger partial charge in [0.15, 0.2) is 0 Å². The third kappa shape index (κ3) is 4.93. The monoisotopic (exact) mass is 413 g/mol. The summed E-state index contributed by atoms with van der Waals surface area (Å²) in [5.74, 6) is -0.629. The summed E-state index contributed by atoms with van der Waals surface area (Å²) in [5, 5.41) is 15.2. The highest BCUT2D eigenvalue weighted by Gasteiger charge is 2.18. The Bertz CT molecular complexity index is 992. The van der Waals surface area contributed by atoms with Gasteiger partial charge in [0.05, 0.1) is 12.6 Å². The van der Waals surface area contributed by atoms with Gasteiger partial charge in [0.2, 0.25) is 5.91 Å². The quantitative estimate of drug-likeness (QED) is 0.600. The summed E-state index contributed by atoms with van der Waals surface area (Å²) in [7, 11) is 0. The van der Waals surface area contributed by atoms with Crippen LogP contribution in [0.3, 0.4) is 0 Å². The van der Waals surface area contributed by atoms with Gasteiger partial charge in [-0.3, -0.25) is 14.3 Å². The molecule has 3 N–H and O–H groups in total. The van der Waals surface area contributed by atoms with Crippen LogP contribution in [-0.2, 0) is 4.79 Å². The first-order valence-corrected chi connectivity index (χ1v) is 9.52. The third-order valence-electron chi connectivity index (χ3n) is 4.96. The van der Waals surface area contributed by atoms with Gasteiger partial charge in [-0.1, -0.05) is 36.4 Å². The molecule has 1 atom stereocenters. The van der Waals surface area contributed by atoms with Crippen molar-refractivity contribution in [2.24, 2.45) is 0 Å². The number of fused-ring (bicyclic) bond motifs is 1. The van der Waals surface area contributed by atoms with Crippen LogP contribution in [-0.4, -0.2) is 41.2 Å². The van der Waals surface area contributed by atoms with Crippen molar-refractivity contribution in [2.45, 2.75) is 18.9 Å². The third-order valence-corrected chi connectivity index (χ3v) is 4.96. The normalized spacial score (nSPS) is 16.1. The highest BCUT2D eigenvalue weighted by Crippen LogP contribution is 2.22. The lowest BCUT2D eigenvalue weighted by molar-refractivity contribution is -0.115. The second-order valence-corrected chi connectivity index (χ2v) is 6.94. The Morgan fingerprint density at radius 2 is 1.97 bits per heavy atom. The predicted molar refractivity (Wildman–Crippen MR) is 116 cm³/mol. The highest BCUT2D eigenvalue weighted by atomic mass is 35.5. The summed E-state index contributed by atoms with van der Waals surface area (Å²) in [4.78, 5) is 24.6. The number of nitrogens with zero attached hydrogens (tertiary/aromatic N) is 2. The first kappa shape index (κ1) is 20.8. The Morgan fingerprint density at radius 3 is 2.79 bits per heavy atom. The fraction of sp³-hybridized carbons (Fsp3) is 0.286. The van der Waals surface area contributed by atoms with E-state index in [-0.39, 0.29) is 36.8 Å². The molecule has 2 amide bonds. The molecule has 1 aliphatic heterocycles. The van der Waals surface area contributed by atoms with Gasteiger partial charge >= 0.3 is 0 Å². The van der Waals surface area contributed by atoms with Gasteiger partial charge < -0.3 is 16.0 Å². The molecular weight excluding hydrogens is 390 g/mol. The molecule has 1 fully saturated rings. The van der Waals surface area contributed by atoms with E-state index >= 15 is 0 Å². The lowest BCUT2D eigenvalue weighted by atomic mass is 10.1. The number of hydrogen-bond donors (Lipinski definition) is 3. The number of hydrogen-bond acceptors (Lipinski definition) is 4. The molecule has 1 saturated heterocycles. The van der Waals surface area contributed by atoms with Crippen LogP contribution in [0.4, 0.5) is 5.69 Å². The second-order valence-electron chi connectivity index (χ2n) is 6.94. The SMILES string of the molecule is Cl.O=C(CNC(=O)c1ccn(C2CCCNC2)n1)Nc1cccc2ccccc12. The van der Waals surface area contributed by atoms with Gasteiger partial charge in [-0.15, -0.1) is 12.4 Å². The van der Waals surface area contributed by atoms with Crippen molar-refractivity contribution >= 4 is 40.7 Å². The van der Waals surface area contributed by atoms with Crippen LogP contribution in [0.15, 0.2) is 54.7 Å². The van der Waals surface area contributed by atoms with E-state index in [1.807, 2.05) is 53.3 Å². The number of carbonyl (C=O) groups excluding carboxylic acids is 2. The fourth-order valence-electron chi connectivity index (χ4n) is 3.50. The zero-order chi connectivity index (χ0) is 19.3. The molecule has 0 bridgehead atoms. The zero-order valence-corrected chi connectivity index (χ0v) is 16.7. The Kier molecular flexibility index (Phi) is 6.85. The van der Waals surface area contributed by atoms with Crippen LogP contribution in [0.1, 0.15) is 29.4 Å². The number of rotatable bonds is 5. The molecule has 3 aromatic rings. The summed E-state index contributed by atoms with van der Waals surface area (Å²) in [6.07, 6.45) is 3.96. The topological polar surface area (TPSA) is 88.1 Å². The predicted octanol–water partition coefficient (Wildman–Crippen LogP) is 2.75. The van der Waals surface area contributed by atoms with Crippen LogP contribution in [0.25, 0.3) is 10.8 Å². The molecular formula is C21H24ClN5O2. The van der Waals surface area contributed by atoms with Crippen LogP contribution >= 0.6 is 12.4 Å². The first-order chi connectivity index (χ1) is 13.7. The van der Waals surface area contributed by atoms with Crippen molar-refractivity contribution in [1.82, 2.24) is 20.4 Å². The molecule has 8 heteroatoms. The van der Waals surface area contributed by atoms with Crippen molar-refractivity contribution in [2.75, 3.05) is 25.0 Å². The molecule has 0 saturated carbocycles. The minimum Gasteiger partial charge on any atom is -0.342 e. The maximum atomic E-state index is 12.3. The average Bonchev–Trinajstić information content (AvgIpc) is 3.23. The molecule has 2 heterocycles. The van der Waals surface area contributed by atoms with Crippen LogP contribution in [0.2, 0.25) is 0 Å². The van der Waals surface area contributed by atoms with Crippen LogP contribution in [0.5, 0.6) is 0 Å². The average molecular weight is 414 g/mol. The maximum Gasteiger partial charge on any atom is 0.272 e. The largest absolute Gasteiger partial charge is 0.342 e. The number of piperidine rings is 1. The van der Waals surface area contributed by atoms with Crippen molar-refractivity contribution in [3.63, 3.8) is 0 Å². The van der Waals surface area contributed by atoms with Gasteiger partial charge in [0.25, 0.3) is 5.91 Å². The van der Waals surface area contributed by atoms with E-state index in [2.05, 4.69) is 21.0 Å². The molecule has 1 unspecified atom stereocenters. The molecule has 1 aromatic heterocycles. The van der Waals surface area contributed by atoms with Crippen molar-refractivity contribution in [3.05, 3.63) is 60.4 Å². The van der Waals surface area contributed by atoms with Crippen molar-refractivity contribution < 1.29 is 9.59 Å². The van der Waals surface area contributed by atoms with Crippen LogP contribution in [0, 0.1) is 0 Å². The summed E-state index contributed by atoms with van der Waals surface area (Å²) in [5.41, 5.74) is 1.05. The van der Waals surface area contributed by atoms with Crippen molar-refractivity contribution in [1.29, 1.82) is 0 Å². The number of benzene rings is 2. The second kappa shape index (κ2) is 9.54. The highest BCUT2D eigenvalue weighted by molar-refractivity contribution is 6.04. The van der Waals surface area contributed by atoms with Gasteiger partial charge in [0.1, 0.15) is 5.69 Å². The van der Waals surface area contributed by atoms with E-state index in [4.69, 9.17) is 0 Å². The number of anilines is 1. The minimum atomic E-state index is -0.351. The number of carbonyl (C=O) groups is 2. The maximum absolute atomic E-state index is 12.3. The first-order valence-electron chi connectivity index (χ1n) is 9.52. The minimum absolute atomic E-state index is 0. The van der Waals surface area contributed by atoms with Crippen molar-refractivity contribution in [3.8, 4) is 0 Å². The number of halogens is 1. The van der Waals surface area contributed by atoms with E-state index in [1.165, 1.54) is 0 Å². The molecule has 4 rings (SSSR count). The molecule has 7 nitrogen and oxygen atoms in total. The summed E-state index contributed by atoms with van der Waals surface area (Å²) in [6, 6.07) is 15.5. The molecule has 2 aromatic carbocycles. The summed E-state index contributed by atoms with van der Waals surface area (Å²) in [6.45, 7) is 1.77. The Hall–Kier alpha value is -2.90. The lowest BCUT2D eigenvalue weighted by Gasteiger charge is -2.22.